The van der Waals surface area contributed by atoms with Crippen LogP contribution in [0.2, 0.25) is 0 Å². The number of benzene rings is 1. The van der Waals surface area contributed by atoms with Gasteiger partial charge in [-0.15, -0.1) is 0 Å². The van der Waals surface area contributed by atoms with Gasteiger partial charge in [-0.2, -0.15) is 22.0 Å². The molecule has 0 aliphatic heterocycles. The second-order valence-corrected chi connectivity index (χ2v) is 4.84. The van der Waals surface area contributed by atoms with E-state index >= 15 is 0 Å². The van der Waals surface area contributed by atoms with Crippen LogP contribution in [0, 0.1) is 0 Å². The number of halogens is 5. The van der Waals surface area contributed by atoms with Crippen LogP contribution in [-0.4, -0.2) is 28.9 Å². The number of nitrogen functional groups attached to an aromatic ring is 1. The highest BCUT2D eigenvalue weighted by atomic mass is 19.4. The molecule has 1 aromatic rings. The number of carbonyl (C=O) groups is 1. The number of rotatable bonds is 4. The minimum absolute atomic E-state index is 0.359. The van der Waals surface area contributed by atoms with E-state index in [1.54, 1.807) is 0 Å². The summed E-state index contributed by atoms with van der Waals surface area (Å²) in [4.78, 5) is 12.0. The van der Waals surface area contributed by atoms with Gasteiger partial charge in [0.2, 0.25) is 0 Å². The molecule has 0 atom stereocenters. The fourth-order valence-electron chi connectivity index (χ4n) is 1.61. The second kappa shape index (κ2) is 5.87. The van der Waals surface area contributed by atoms with E-state index in [0.717, 1.165) is 0 Å². The van der Waals surface area contributed by atoms with Gasteiger partial charge in [0.05, 0.1) is 0 Å². The second-order valence-electron chi connectivity index (χ2n) is 4.84. The van der Waals surface area contributed by atoms with E-state index < -0.39 is 24.0 Å². The van der Waals surface area contributed by atoms with E-state index in [0.29, 0.717) is 16.2 Å². The van der Waals surface area contributed by atoms with E-state index in [1.807, 2.05) is 0 Å². The topological polar surface area (TPSA) is 46.3 Å². The van der Waals surface area contributed by atoms with Gasteiger partial charge in [-0.1, -0.05) is 12.1 Å². The molecule has 0 aromatic heterocycles. The maximum absolute atomic E-state index is 13.2. The predicted octanol–water partition coefficient (Wildman–Crippen LogP) is 3.20. The number of alkyl halides is 5. The smallest absolute Gasteiger partial charge is 0.399 e. The van der Waals surface area contributed by atoms with Gasteiger partial charge in [0.15, 0.2) is 0 Å². The fraction of sp³-hybridized carbons (Fsp3) is 0.462. The van der Waals surface area contributed by atoms with Crippen LogP contribution in [0.5, 0.6) is 0 Å². The van der Waals surface area contributed by atoms with Crippen LogP contribution >= 0.6 is 0 Å². The van der Waals surface area contributed by atoms with Crippen molar-refractivity contribution in [3.63, 3.8) is 0 Å². The molecule has 0 aliphatic carbocycles. The summed E-state index contributed by atoms with van der Waals surface area (Å²) in [6.07, 6.45) is -5.92. The minimum atomic E-state index is -5.92. The number of nitrogens with two attached hydrogens (primary N) is 1. The molecule has 0 unspecified atom stereocenters. The van der Waals surface area contributed by atoms with Crippen molar-refractivity contribution in [2.24, 2.45) is 0 Å². The lowest BCUT2D eigenvalue weighted by Crippen LogP contribution is -2.53. The summed E-state index contributed by atoms with van der Waals surface area (Å²) in [7, 11) is 0. The molecular weight excluding hydrogens is 295 g/mol. The quantitative estimate of drug-likeness (QED) is 0.686. The maximum Gasteiger partial charge on any atom is 0.463 e. The Morgan fingerprint density at radius 1 is 1.14 bits per heavy atom. The highest BCUT2D eigenvalue weighted by Gasteiger charge is 2.64. The van der Waals surface area contributed by atoms with Crippen LogP contribution in [0.3, 0.4) is 0 Å². The third kappa shape index (κ3) is 3.83. The van der Waals surface area contributed by atoms with E-state index in [4.69, 9.17) is 5.73 Å². The molecular formula is C13H15F5N2O. The number of amides is 1. The van der Waals surface area contributed by atoms with Crippen molar-refractivity contribution in [2.75, 3.05) is 5.73 Å². The molecule has 1 aromatic carbocycles. The summed E-state index contributed by atoms with van der Waals surface area (Å²) in [5.74, 6) is -7.67. The third-order valence-corrected chi connectivity index (χ3v) is 2.84. The van der Waals surface area contributed by atoms with E-state index in [2.05, 4.69) is 0 Å². The first-order valence-electron chi connectivity index (χ1n) is 6.07. The van der Waals surface area contributed by atoms with Crippen LogP contribution in [0.15, 0.2) is 24.3 Å². The Labute approximate surface area is 118 Å². The SMILES string of the molecule is CC(C)N(Cc1ccc(N)cc1)C(=O)C(F)(F)C(F)(F)F. The zero-order chi connectivity index (χ0) is 16.4. The molecule has 0 fully saturated rings. The lowest BCUT2D eigenvalue weighted by molar-refractivity contribution is -0.275. The molecule has 0 heterocycles. The molecule has 0 saturated heterocycles. The predicted molar refractivity (Wildman–Crippen MR) is 67.5 cm³/mol. The molecule has 0 saturated carbocycles. The highest BCUT2D eigenvalue weighted by molar-refractivity contribution is 5.84. The molecule has 0 spiro atoms. The zero-order valence-corrected chi connectivity index (χ0v) is 11.4. The molecule has 118 valence electrons. The standard InChI is InChI=1S/C13H15F5N2O/c1-8(2)20(7-9-3-5-10(19)6-4-9)11(21)12(14,15)13(16,17)18/h3-6,8H,7,19H2,1-2H3. The van der Waals surface area contributed by atoms with Crippen molar-refractivity contribution in [2.45, 2.75) is 38.5 Å². The summed E-state index contributed by atoms with van der Waals surface area (Å²) in [6.45, 7) is 2.37. The van der Waals surface area contributed by atoms with Gasteiger partial charge in [0, 0.05) is 18.3 Å². The Morgan fingerprint density at radius 2 is 1.62 bits per heavy atom. The molecule has 0 radical (unpaired) electrons. The van der Waals surface area contributed by atoms with Gasteiger partial charge in [-0.3, -0.25) is 4.79 Å². The monoisotopic (exact) mass is 310 g/mol. The van der Waals surface area contributed by atoms with Crippen molar-refractivity contribution < 1.29 is 26.7 Å². The molecule has 1 rings (SSSR count). The lowest BCUT2D eigenvalue weighted by Gasteiger charge is -2.31. The van der Waals surface area contributed by atoms with E-state index in [-0.39, 0.29) is 6.54 Å². The summed E-state index contributed by atoms with van der Waals surface area (Å²) in [5.41, 5.74) is 6.28. The van der Waals surface area contributed by atoms with Crippen molar-refractivity contribution in [3.05, 3.63) is 29.8 Å². The molecule has 1 amide bonds. The normalized spacial score (nSPS) is 12.6. The Hall–Kier alpha value is -1.86. The molecule has 0 bridgehead atoms. The van der Waals surface area contributed by atoms with Crippen molar-refractivity contribution in [1.82, 2.24) is 4.90 Å². The molecule has 0 aliphatic rings. The first-order chi connectivity index (χ1) is 9.46. The molecule has 21 heavy (non-hydrogen) atoms. The van der Waals surface area contributed by atoms with Crippen molar-refractivity contribution in [1.29, 1.82) is 0 Å². The average molecular weight is 310 g/mol. The Bertz CT molecular complexity index is 496. The maximum atomic E-state index is 13.2. The van der Waals surface area contributed by atoms with Crippen molar-refractivity contribution in [3.8, 4) is 0 Å². The summed E-state index contributed by atoms with van der Waals surface area (Å²) in [6, 6.07) is 5.05. The number of carbonyl (C=O) groups excluding carboxylic acids is 1. The van der Waals surface area contributed by atoms with Crippen LogP contribution in [0.4, 0.5) is 27.6 Å². The number of hydrogen-bond acceptors (Lipinski definition) is 2. The minimum Gasteiger partial charge on any atom is -0.399 e. The van der Waals surface area contributed by atoms with Crippen LogP contribution < -0.4 is 5.73 Å². The third-order valence-electron chi connectivity index (χ3n) is 2.84. The van der Waals surface area contributed by atoms with Crippen LogP contribution in [0.1, 0.15) is 19.4 Å². The first-order valence-corrected chi connectivity index (χ1v) is 6.07. The fourth-order valence-corrected chi connectivity index (χ4v) is 1.61. The van der Waals surface area contributed by atoms with Gasteiger partial charge in [0.25, 0.3) is 0 Å². The molecule has 3 nitrogen and oxygen atoms in total. The highest BCUT2D eigenvalue weighted by Crippen LogP contribution is 2.37. The number of nitrogens with zero attached hydrogens (tertiary/aromatic N) is 1. The first kappa shape index (κ1) is 17.2. The van der Waals surface area contributed by atoms with Crippen LogP contribution in [0.25, 0.3) is 0 Å². The van der Waals surface area contributed by atoms with E-state index in [9.17, 15) is 26.7 Å². The Morgan fingerprint density at radius 3 is 2.00 bits per heavy atom. The van der Waals surface area contributed by atoms with Gasteiger partial charge in [-0.05, 0) is 31.5 Å². The van der Waals surface area contributed by atoms with E-state index in [1.165, 1.54) is 38.1 Å². The summed E-state index contributed by atoms with van der Waals surface area (Å²) < 4.78 is 63.2. The number of hydrogen-bond donors (Lipinski definition) is 1. The van der Waals surface area contributed by atoms with Gasteiger partial charge >= 0.3 is 18.0 Å². The molecule has 2 N–H and O–H groups in total. The van der Waals surface area contributed by atoms with Gasteiger partial charge < -0.3 is 10.6 Å². The Balaban J connectivity index is 3.02. The molecule has 8 heteroatoms. The zero-order valence-electron chi connectivity index (χ0n) is 11.4. The van der Waals surface area contributed by atoms with Crippen molar-refractivity contribution >= 4 is 11.6 Å². The van der Waals surface area contributed by atoms with Gasteiger partial charge in [0.1, 0.15) is 0 Å². The summed E-state index contributed by atoms with van der Waals surface area (Å²) in [5, 5.41) is 0. The number of anilines is 1. The average Bonchev–Trinajstić information content (AvgIpc) is 2.35. The van der Waals surface area contributed by atoms with Crippen LogP contribution in [-0.2, 0) is 11.3 Å². The van der Waals surface area contributed by atoms with Gasteiger partial charge in [-0.25, -0.2) is 0 Å². The summed E-state index contributed by atoms with van der Waals surface area (Å²) >= 11 is 0. The largest absolute Gasteiger partial charge is 0.463 e. The Kier molecular flexibility index (Phi) is 4.80. The lowest BCUT2D eigenvalue weighted by atomic mass is 10.1.